The summed E-state index contributed by atoms with van der Waals surface area (Å²) in [5, 5.41) is 1.10. The lowest BCUT2D eigenvalue weighted by Gasteiger charge is -2.30. The lowest BCUT2D eigenvalue weighted by atomic mass is 9.75. The number of benzene rings is 2. The Morgan fingerprint density at radius 2 is 1.77 bits per heavy atom. The maximum Gasteiger partial charge on any atom is 0.123 e. The summed E-state index contributed by atoms with van der Waals surface area (Å²) in [7, 11) is 0. The van der Waals surface area contributed by atoms with E-state index in [1.165, 1.54) is 0 Å². The second-order valence-corrected chi connectivity index (χ2v) is 8.18. The summed E-state index contributed by atoms with van der Waals surface area (Å²) < 4.78 is 2.12. The van der Waals surface area contributed by atoms with Gasteiger partial charge in [0.25, 0.3) is 0 Å². The van der Waals surface area contributed by atoms with Crippen molar-refractivity contribution in [2.75, 3.05) is 0 Å². The van der Waals surface area contributed by atoms with Gasteiger partial charge in [-0.25, -0.2) is 9.97 Å². The molecule has 150 valence electrons. The summed E-state index contributed by atoms with van der Waals surface area (Å²) in [4.78, 5) is 25.3. The molecular weight excluding hydrogens is 384 g/mol. The van der Waals surface area contributed by atoms with Gasteiger partial charge in [-0.1, -0.05) is 48.5 Å². The van der Waals surface area contributed by atoms with Crippen LogP contribution in [0, 0.1) is 5.92 Å². The van der Waals surface area contributed by atoms with Gasteiger partial charge in [0.15, 0.2) is 0 Å². The standard InChI is InChI=1S/C26H20N4O/c31-16-17-12-21(13-17)26-29-25(24-15-27-10-11-30(24)26)20-7-6-19-8-9-22(28-23(19)14-20)18-4-2-1-3-5-18/h1-11,14-17,21H,12-13H2. The number of pyridine rings is 1. The minimum absolute atomic E-state index is 0.156. The minimum atomic E-state index is 0.156. The van der Waals surface area contributed by atoms with Crippen LogP contribution in [0.2, 0.25) is 0 Å². The number of aldehydes is 1. The quantitative estimate of drug-likeness (QED) is 0.381. The minimum Gasteiger partial charge on any atom is -0.303 e. The average Bonchev–Trinajstić information content (AvgIpc) is 3.18. The van der Waals surface area contributed by atoms with E-state index in [1.807, 2.05) is 30.6 Å². The zero-order chi connectivity index (χ0) is 20.8. The molecule has 0 spiro atoms. The summed E-state index contributed by atoms with van der Waals surface area (Å²) in [5.74, 6) is 1.47. The Morgan fingerprint density at radius 3 is 2.61 bits per heavy atom. The molecule has 0 bridgehead atoms. The molecule has 5 aromatic rings. The fourth-order valence-corrected chi connectivity index (χ4v) is 4.48. The van der Waals surface area contributed by atoms with Crippen LogP contribution in [-0.2, 0) is 4.79 Å². The molecule has 1 saturated carbocycles. The Morgan fingerprint density at radius 1 is 0.935 bits per heavy atom. The maximum atomic E-state index is 11.1. The van der Waals surface area contributed by atoms with Crippen molar-refractivity contribution in [2.24, 2.45) is 5.92 Å². The molecule has 31 heavy (non-hydrogen) atoms. The number of carbonyl (C=O) groups is 1. The van der Waals surface area contributed by atoms with Crippen LogP contribution in [-0.4, -0.2) is 25.6 Å². The lowest BCUT2D eigenvalue weighted by Crippen LogP contribution is -2.24. The van der Waals surface area contributed by atoms with Crippen molar-refractivity contribution in [1.29, 1.82) is 0 Å². The smallest absolute Gasteiger partial charge is 0.123 e. The van der Waals surface area contributed by atoms with Crippen LogP contribution in [0.15, 0.2) is 79.3 Å². The van der Waals surface area contributed by atoms with Gasteiger partial charge in [0, 0.05) is 40.7 Å². The van der Waals surface area contributed by atoms with Crippen molar-refractivity contribution in [3.05, 3.63) is 85.1 Å². The van der Waals surface area contributed by atoms with E-state index in [0.29, 0.717) is 5.92 Å². The molecule has 0 aliphatic heterocycles. The zero-order valence-electron chi connectivity index (χ0n) is 16.8. The fourth-order valence-electron chi connectivity index (χ4n) is 4.48. The van der Waals surface area contributed by atoms with Crippen LogP contribution < -0.4 is 0 Å². The van der Waals surface area contributed by atoms with Crippen molar-refractivity contribution in [1.82, 2.24) is 19.4 Å². The van der Waals surface area contributed by atoms with E-state index in [0.717, 1.165) is 63.9 Å². The third-order valence-electron chi connectivity index (χ3n) is 6.24. The fraction of sp³-hybridized carbons (Fsp3) is 0.154. The van der Waals surface area contributed by atoms with Gasteiger partial charge in [0.1, 0.15) is 12.1 Å². The zero-order valence-corrected chi connectivity index (χ0v) is 16.8. The second-order valence-electron chi connectivity index (χ2n) is 8.18. The highest BCUT2D eigenvalue weighted by Crippen LogP contribution is 2.41. The molecule has 0 N–H and O–H groups in total. The largest absolute Gasteiger partial charge is 0.303 e. The van der Waals surface area contributed by atoms with E-state index in [9.17, 15) is 4.79 Å². The molecule has 2 aromatic carbocycles. The third kappa shape index (κ3) is 3.01. The Balaban J connectivity index is 1.46. The van der Waals surface area contributed by atoms with E-state index in [-0.39, 0.29) is 5.92 Å². The second kappa shape index (κ2) is 7.13. The molecule has 5 nitrogen and oxygen atoms in total. The lowest BCUT2D eigenvalue weighted by molar-refractivity contribution is -0.113. The normalized spacial score (nSPS) is 18.2. The highest BCUT2D eigenvalue weighted by molar-refractivity contribution is 5.88. The first-order chi connectivity index (χ1) is 15.3. The molecule has 5 heteroatoms. The van der Waals surface area contributed by atoms with Gasteiger partial charge in [-0.05, 0) is 25.0 Å². The van der Waals surface area contributed by atoms with Crippen LogP contribution in [0.5, 0.6) is 0 Å². The third-order valence-corrected chi connectivity index (χ3v) is 6.24. The number of nitrogens with zero attached hydrogens (tertiary/aromatic N) is 4. The molecule has 3 aromatic heterocycles. The van der Waals surface area contributed by atoms with Crippen molar-refractivity contribution in [3.8, 4) is 22.5 Å². The number of carbonyl (C=O) groups excluding carboxylic acids is 1. The van der Waals surface area contributed by atoms with Crippen LogP contribution in [0.4, 0.5) is 0 Å². The molecule has 1 aliphatic carbocycles. The van der Waals surface area contributed by atoms with E-state index in [4.69, 9.17) is 9.97 Å². The summed E-state index contributed by atoms with van der Waals surface area (Å²) in [6, 6.07) is 20.7. The van der Waals surface area contributed by atoms with Gasteiger partial charge < -0.3 is 4.79 Å². The molecule has 1 aliphatic rings. The maximum absolute atomic E-state index is 11.1. The molecule has 0 radical (unpaired) electrons. The van der Waals surface area contributed by atoms with Gasteiger partial charge >= 0.3 is 0 Å². The van der Waals surface area contributed by atoms with E-state index < -0.39 is 0 Å². The molecule has 6 rings (SSSR count). The Hall–Kier alpha value is -3.86. The topological polar surface area (TPSA) is 60.2 Å². The van der Waals surface area contributed by atoms with Crippen molar-refractivity contribution in [3.63, 3.8) is 0 Å². The van der Waals surface area contributed by atoms with Crippen LogP contribution in [0.1, 0.15) is 24.6 Å². The van der Waals surface area contributed by atoms with Crippen molar-refractivity contribution < 1.29 is 4.79 Å². The van der Waals surface area contributed by atoms with E-state index in [1.54, 1.807) is 6.20 Å². The average molecular weight is 404 g/mol. The Kier molecular flexibility index (Phi) is 4.13. The van der Waals surface area contributed by atoms with Crippen LogP contribution in [0.3, 0.4) is 0 Å². The molecular formula is C26H20N4O. The number of aromatic nitrogens is 4. The molecule has 0 unspecified atom stereocenters. The first-order valence-corrected chi connectivity index (χ1v) is 10.5. The predicted octanol–water partition coefficient (Wildman–Crippen LogP) is 5.30. The molecule has 3 heterocycles. The van der Waals surface area contributed by atoms with Gasteiger partial charge in [0.2, 0.25) is 0 Å². The monoisotopic (exact) mass is 404 g/mol. The summed E-state index contributed by atoms with van der Waals surface area (Å²) in [6.45, 7) is 0. The van der Waals surface area contributed by atoms with Gasteiger partial charge in [-0.15, -0.1) is 0 Å². The first kappa shape index (κ1) is 18.0. The molecule has 0 atom stereocenters. The number of hydrogen-bond acceptors (Lipinski definition) is 4. The summed E-state index contributed by atoms with van der Waals surface area (Å²) in [5.41, 5.74) is 5.90. The highest BCUT2D eigenvalue weighted by atomic mass is 16.1. The Bertz CT molecular complexity index is 1420. The highest BCUT2D eigenvalue weighted by Gasteiger charge is 2.33. The van der Waals surface area contributed by atoms with Gasteiger partial charge in [-0.2, -0.15) is 0 Å². The van der Waals surface area contributed by atoms with E-state index >= 15 is 0 Å². The predicted molar refractivity (Wildman–Crippen MR) is 121 cm³/mol. The van der Waals surface area contributed by atoms with Gasteiger partial charge in [-0.3, -0.25) is 9.38 Å². The first-order valence-electron chi connectivity index (χ1n) is 10.5. The number of imidazole rings is 1. The van der Waals surface area contributed by atoms with E-state index in [2.05, 4.69) is 51.8 Å². The van der Waals surface area contributed by atoms with Crippen molar-refractivity contribution >= 4 is 22.7 Å². The van der Waals surface area contributed by atoms with Crippen LogP contribution >= 0.6 is 0 Å². The Labute approximate surface area is 179 Å². The van der Waals surface area contributed by atoms with Crippen molar-refractivity contribution in [2.45, 2.75) is 18.8 Å². The number of rotatable bonds is 4. The summed E-state index contributed by atoms with van der Waals surface area (Å²) >= 11 is 0. The number of hydrogen-bond donors (Lipinski definition) is 0. The molecule has 1 fully saturated rings. The van der Waals surface area contributed by atoms with Gasteiger partial charge in [0.05, 0.1) is 28.6 Å². The SMILES string of the molecule is O=CC1CC(c2nc(-c3ccc4ccc(-c5ccccc5)nc4c3)c3cnccn23)C1. The molecule has 0 amide bonds. The molecule has 0 saturated heterocycles. The number of fused-ring (bicyclic) bond motifs is 2. The van der Waals surface area contributed by atoms with Crippen LogP contribution in [0.25, 0.3) is 38.9 Å². The summed E-state index contributed by atoms with van der Waals surface area (Å²) in [6.07, 6.45) is 8.40.